The van der Waals surface area contributed by atoms with Gasteiger partial charge in [-0.2, -0.15) is 0 Å². The number of carbonyl (C=O) groups is 8. The van der Waals surface area contributed by atoms with Crippen LogP contribution >= 0.6 is 0 Å². The van der Waals surface area contributed by atoms with E-state index < -0.39 is 71.4 Å². The van der Waals surface area contributed by atoms with Crippen molar-refractivity contribution in [1.29, 1.82) is 0 Å². The predicted molar refractivity (Wildman–Crippen MR) is 332 cm³/mol. The normalized spacial score (nSPS) is 18.0. The number of nitrogens with one attached hydrogen (secondary N) is 4. The van der Waals surface area contributed by atoms with Gasteiger partial charge < -0.3 is 60.4 Å². The molecule has 6 amide bonds. The minimum Gasteiger partial charge on any atom is -0.508 e. The SMILES string of the molecule is CC1CCC(CN2C(=O)CCC2=O)CC1.CCc1c2c(nc3ccc(O)cc13)-c1cc3c(c(=O)n1C2)COC(=O)C3(CC)OC(=O)OCc1ccc(NC(=O)C(CCCCN)NC(=O)COCC(=O)NC(C)(C)COC(C)(C)CCn2cc(CNC=O)nn2)cc1. The van der Waals surface area contributed by atoms with Crippen molar-refractivity contribution in [2.24, 2.45) is 17.6 Å². The van der Waals surface area contributed by atoms with Gasteiger partial charge in [0.2, 0.25) is 41.5 Å². The number of likely N-dealkylation sites (tertiary alicyclic amines) is 1. The van der Waals surface area contributed by atoms with Gasteiger partial charge in [0.25, 0.3) is 5.56 Å². The molecule has 6 heterocycles. The average molecular weight is 1260 g/mol. The molecule has 2 aromatic carbocycles. The van der Waals surface area contributed by atoms with Crippen molar-refractivity contribution >= 4 is 64.7 Å². The Morgan fingerprint density at radius 3 is 2.35 bits per heavy atom. The molecule has 1 saturated carbocycles. The van der Waals surface area contributed by atoms with Gasteiger partial charge in [-0.1, -0.05) is 51.0 Å². The molecule has 2 unspecified atom stereocenters. The van der Waals surface area contributed by atoms with E-state index in [2.05, 4.69) is 38.5 Å². The summed E-state index contributed by atoms with van der Waals surface area (Å²) in [6.45, 7) is 14.1. The fourth-order valence-electron chi connectivity index (χ4n) is 11.7. The number of nitrogens with two attached hydrogens (primary N) is 1. The number of imide groups is 1. The van der Waals surface area contributed by atoms with Crippen LogP contribution in [0.2, 0.25) is 0 Å². The summed E-state index contributed by atoms with van der Waals surface area (Å²) < 4.78 is 31.6. The Kier molecular flexibility index (Phi) is 22.9. The highest BCUT2D eigenvalue weighted by molar-refractivity contribution is 6.02. The quantitative estimate of drug-likeness (QED) is 0.0145. The zero-order valence-electron chi connectivity index (χ0n) is 53.0. The van der Waals surface area contributed by atoms with E-state index in [-0.39, 0.29) is 74.4 Å². The van der Waals surface area contributed by atoms with E-state index in [0.717, 1.165) is 22.4 Å². The van der Waals surface area contributed by atoms with Crippen molar-refractivity contribution in [3.8, 4) is 17.1 Å². The number of rotatable bonds is 28. The predicted octanol–water partition coefficient (Wildman–Crippen LogP) is 5.86. The number of anilines is 1. The van der Waals surface area contributed by atoms with Gasteiger partial charge >= 0.3 is 12.1 Å². The number of cyclic esters (lactones) is 1. The smallest absolute Gasteiger partial charge is 0.508 e. The molecule has 3 aliphatic heterocycles. The molecule has 0 spiro atoms. The lowest BCUT2D eigenvalue weighted by atomic mass is 9.83. The maximum atomic E-state index is 14.1. The summed E-state index contributed by atoms with van der Waals surface area (Å²) >= 11 is 0. The Hall–Kier alpha value is -8.62. The highest BCUT2D eigenvalue weighted by Gasteiger charge is 2.51. The molecule has 1 saturated heterocycles. The van der Waals surface area contributed by atoms with Crippen molar-refractivity contribution in [3.63, 3.8) is 0 Å². The molecule has 91 heavy (non-hydrogen) atoms. The molecule has 490 valence electrons. The lowest BCUT2D eigenvalue weighted by Gasteiger charge is -2.35. The maximum Gasteiger partial charge on any atom is 0.510 e. The second-order valence-electron chi connectivity index (χ2n) is 25.0. The van der Waals surface area contributed by atoms with Gasteiger partial charge in [-0.15, -0.1) is 5.10 Å². The van der Waals surface area contributed by atoms with Crippen LogP contribution in [0.4, 0.5) is 10.5 Å². The molecule has 26 heteroatoms. The number of hydrogen-bond acceptors (Lipinski definition) is 19. The Morgan fingerprint density at radius 2 is 1.66 bits per heavy atom. The number of phenolic OH excluding ortho intramolecular Hbond substituents is 1. The topological polar surface area (TPSA) is 346 Å². The Morgan fingerprint density at radius 1 is 0.934 bits per heavy atom. The van der Waals surface area contributed by atoms with E-state index in [1.807, 2.05) is 20.8 Å². The van der Waals surface area contributed by atoms with Crippen molar-refractivity contribution in [2.45, 2.75) is 181 Å². The molecule has 5 aromatic rings. The van der Waals surface area contributed by atoms with E-state index in [0.29, 0.717) is 104 Å². The first-order valence-electron chi connectivity index (χ1n) is 31.2. The molecular formula is C65H85N11O15. The number of fused-ring (bicyclic) bond motifs is 5. The first-order valence-corrected chi connectivity index (χ1v) is 31.2. The zero-order valence-corrected chi connectivity index (χ0v) is 53.0. The van der Waals surface area contributed by atoms with Crippen LogP contribution < -0.4 is 32.6 Å². The third-order valence-corrected chi connectivity index (χ3v) is 16.9. The third kappa shape index (κ3) is 17.5. The van der Waals surface area contributed by atoms with Crippen molar-refractivity contribution in [3.05, 3.63) is 98.6 Å². The summed E-state index contributed by atoms with van der Waals surface area (Å²) in [6, 6.07) is 12.0. The summed E-state index contributed by atoms with van der Waals surface area (Å²) in [6.07, 6.45) is 9.42. The molecule has 4 aliphatic rings. The van der Waals surface area contributed by atoms with Crippen LogP contribution in [-0.4, -0.2) is 133 Å². The first-order chi connectivity index (χ1) is 43.4. The van der Waals surface area contributed by atoms with Gasteiger partial charge in [-0.25, -0.2) is 14.6 Å². The molecule has 9 rings (SSSR count). The number of hydrogen-bond donors (Lipinski definition) is 6. The number of aromatic hydroxyl groups is 1. The van der Waals surface area contributed by atoms with Crippen LogP contribution in [0.1, 0.15) is 153 Å². The molecule has 2 atom stereocenters. The summed E-state index contributed by atoms with van der Waals surface area (Å²) in [5, 5.41) is 30.0. The number of unbranched alkanes of at least 4 members (excludes halogenated alkanes) is 1. The molecule has 2 fully saturated rings. The third-order valence-electron chi connectivity index (χ3n) is 16.9. The summed E-state index contributed by atoms with van der Waals surface area (Å²) in [5.41, 5.74) is 7.18. The number of carbonyl (C=O) groups excluding carboxylic acids is 8. The number of benzene rings is 2. The zero-order chi connectivity index (χ0) is 65.6. The van der Waals surface area contributed by atoms with Crippen LogP contribution in [0.15, 0.2) is 59.5 Å². The maximum absolute atomic E-state index is 14.1. The number of ether oxygens (including phenoxy) is 5. The second-order valence-corrected chi connectivity index (χ2v) is 25.0. The number of pyridine rings is 2. The number of nitrogens with zero attached hydrogens (tertiary/aromatic N) is 6. The van der Waals surface area contributed by atoms with Crippen LogP contribution in [0, 0.1) is 11.8 Å². The van der Waals surface area contributed by atoms with Crippen LogP contribution in [-0.2, 0) is 102 Å². The number of aryl methyl sites for hydroxylation is 2. The highest BCUT2D eigenvalue weighted by Crippen LogP contribution is 2.43. The van der Waals surface area contributed by atoms with Crippen molar-refractivity contribution in [1.82, 2.24) is 45.4 Å². The van der Waals surface area contributed by atoms with Gasteiger partial charge in [0.15, 0.2) is 0 Å². The molecule has 0 radical (unpaired) electrons. The Balaban J connectivity index is 0.000000618. The monoisotopic (exact) mass is 1260 g/mol. The van der Waals surface area contributed by atoms with E-state index in [1.165, 1.54) is 30.6 Å². The summed E-state index contributed by atoms with van der Waals surface area (Å²) in [4.78, 5) is 120. The Labute approximate surface area is 528 Å². The fourth-order valence-corrected chi connectivity index (χ4v) is 11.7. The fraction of sp³-hybridized carbons (Fsp3) is 0.538. The van der Waals surface area contributed by atoms with E-state index in [1.54, 1.807) is 84.7 Å². The second kappa shape index (κ2) is 30.5. The van der Waals surface area contributed by atoms with Gasteiger partial charge in [0, 0.05) is 48.1 Å². The highest BCUT2D eigenvalue weighted by atomic mass is 16.7. The molecule has 7 N–H and O–H groups in total. The van der Waals surface area contributed by atoms with E-state index in [9.17, 15) is 48.3 Å². The standard InChI is InChI=1S/C53H66N10O13.C12H19NO2/c1-7-36-37-21-35(65)16-17-41(37)58-46-38(36)25-63-43(46)22-40-39(48(63)69)27-73-49(70)53(40,8-2)76-50(71)74-26-32-12-14-33(15-13-32)56-47(68)42(11-9-10-19-54)57-44(66)28-72-29-45(67)59-51(3,4)30-75-52(5,6)18-20-62-24-34(60-61-62)23-55-31-64;1-9-2-4-10(5-3-9)8-13-11(14)6-7-12(13)15/h12-17,21-22,24,31,42,65H,7-11,18-20,23,25-30,54H2,1-6H3,(H,55,64)(H,56,68)(H,57,66)(H,59,67);9-10H,2-8H2,1H3. The van der Waals surface area contributed by atoms with E-state index >= 15 is 0 Å². The largest absolute Gasteiger partial charge is 0.510 e. The van der Waals surface area contributed by atoms with Gasteiger partial charge in [0.05, 0.1) is 59.5 Å². The number of amides is 6. The molecule has 26 nitrogen and oxygen atoms in total. The van der Waals surface area contributed by atoms with Gasteiger partial charge in [0.1, 0.15) is 43.9 Å². The van der Waals surface area contributed by atoms with Crippen LogP contribution in [0.3, 0.4) is 0 Å². The average Bonchev–Trinajstić information content (AvgIpc) is 1.65. The minimum atomic E-state index is -2.00. The van der Waals surface area contributed by atoms with Crippen molar-refractivity contribution < 1.29 is 67.1 Å². The van der Waals surface area contributed by atoms with Crippen LogP contribution in [0.5, 0.6) is 5.75 Å². The lowest BCUT2D eigenvalue weighted by Crippen LogP contribution is -2.50. The number of aromatic nitrogens is 5. The van der Waals surface area contributed by atoms with Crippen LogP contribution in [0.25, 0.3) is 22.3 Å². The van der Waals surface area contributed by atoms with Gasteiger partial charge in [-0.05, 0) is 145 Å². The van der Waals surface area contributed by atoms with Crippen molar-refractivity contribution in [2.75, 3.05) is 38.2 Å². The van der Waals surface area contributed by atoms with Gasteiger partial charge in [-0.3, -0.25) is 43.1 Å². The molecular weight excluding hydrogens is 1170 g/mol. The lowest BCUT2D eigenvalue weighted by molar-refractivity contribution is -0.175. The summed E-state index contributed by atoms with van der Waals surface area (Å²) in [7, 11) is 0. The minimum absolute atomic E-state index is 0.0404. The van der Waals surface area contributed by atoms with E-state index in [4.69, 9.17) is 34.4 Å². The first kappa shape index (κ1) is 68.3. The molecule has 0 bridgehead atoms. The number of esters is 1. The molecule has 1 aliphatic carbocycles. The molecule has 3 aromatic heterocycles. The number of phenols is 1. The summed E-state index contributed by atoms with van der Waals surface area (Å²) in [5.74, 6) is -0.880. The Bertz CT molecular complexity index is 3520.